The van der Waals surface area contributed by atoms with Crippen molar-refractivity contribution >= 4 is 21.4 Å². The van der Waals surface area contributed by atoms with Crippen LogP contribution in [-0.2, 0) is 10.0 Å². The molecule has 0 atom stereocenters. The van der Waals surface area contributed by atoms with Gasteiger partial charge in [0, 0.05) is 11.8 Å². The molecule has 0 spiro atoms. The third-order valence-corrected chi connectivity index (χ3v) is 4.38. The highest BCUT2D eigenvalue weighted by atomic mass is 32.2. The molecule has 2 rings (SSSR count). The largest absolute Gasteiger partial charge is 0.497 e. The minimum absolute atomic E-state index is 0.0154. The van der Waals surface area contributed by atoms with Crippen LogP contribution in [0.25, 0.3) is 0 Å². The van der Waals surface area contributed by atoms with Gasteiger partial charge in [-0.1, -0.05) is 0 Å². The molecule has 0 heterocycles. The van der Waals surface area contributed by atoms with Crippen molar-refractivity contribution in [1.82, 2.24) is 0 Å². The number of rotatable bonds is 6. The highest BCUT2D eigenvalue weighted by Gasteiger charge is 2.22. The van der Waals surface area contributed by atoms with Gasteiger partial charge in [0.1, 0.15) is 5.75 Å². The number of nitro benzene ring substituents is 1. The molecule has 122 valence electrons. The van der Waals surface area contributed by atoms with Crippen LogP contribution in [0.3, 0.4) is 0 Å². The van der Waals surface area contributed by atoms with Crippen LogP contribution in [0, 0.1) is 10.1 Å². The molecule has 8 nitrogen and oxygen atoms in total. The van der Waals surface area contributed by atoms with Gasteiger partial charge >= 0.3 is 5.69 Å². The third-order valence-electron chi connectivity index (χ3n) is 3.00. The molecule has 9 heteroatoms. The van der Waals surface area contributed by atoms with E-state index in [1.54, 1.807) is 12.1 Å². The number of hydrogen-bond donors (Lipinski definition) is 1. The van der Waals surface area contributed by atoms with E-state index in [2.05, 4.69) is 4.72 Å². The summed E-state index contributed by atoms with van der Waals surface area (Å²) in [5.41, 5.74) is -0.116. The van der Waals surface area contributed by atoms with E-state index in [-0.39, 0.29) is 10.6 Å². The second kappa shape index (κ2) is 6.53. The van der Waals surface area contributed by atoms with E-state index in [4.69, 9.17) is 9.47 Å². The standard InChI is InChI=1S/C14H14N2O6S/c1-21-11-5-3-10(4-6-11)15-23(19,20)12-7-8-14(22-2)13(9-12)16(17)18/h3-9,15H,1-2H3. The van der Waals surface area contributed by atoms with Gasteiger partial charge < -0.3 is 9.47 Å². The second-order valence-corrected chi connectivity index (χ2v) is 6.11. The maximum absolute atomic E-state index is 12.3. The maximum atomic E-state index is 12.3. The third kappa shape index (κ3) is 3.69. The number of hydrogen-bond acceptors (Lipinski definition) is 6. The molecule has 0 aliphatic carbocycles. The summed E-state index contributed by atoms with van der Waals surface area (Å²) in [7, 11) is -1.20. The van der Waals surface area contributed by atoms with Gasteiger partial charge in [-0.25, -0.2) is 8.42 Å². The first kappa shape index (κ1) is 16.6. The van der Waals surface area contributed by atoms with Crippen LogP contribution in [-0.4, -0.2) is 27.6 Å². The zero-order valence-electron chi connectivity index (χ0n) is 12.3. The van der Waals surface area contributed by atoms with Gasteiger partial charge in [-0.15, -0.1) is 0 Å². The SMILES string of the molecule is COc1ccc(NS(=O)(=O)c2ccc(OC)c([N+](=O)[O-])c2)cc1. The Morgan fingerprint density at radius 2 is 1.70 bits per heavy atom. The fraction of sp³-hybridized carbons (Fsp3) is 0.143. The quantitative estimate of drug-likeness (QED) is 0.640. The van der Waals surface area contributed by atoms with Crippen molar-refractivity contribution in [2.45, 2.75) is 4.90 Å². The molecule has 1 N–H and O–H groups in total. The molecule has 2 aromatic carbocycles. The molecule has 0 fully saturated rings. The first-order valence-electron chi connectivity index (χ1n) is 6.36. The monoisotopic (exact) mass is 338 g/mol. The number of methoxy groups -OCH3 is 2. The van der Waals surface area contributed by atoms with Gasteiger partial charge in [0.15, 0.2) is 5.75 Å². The summed E-state index contributed by atoms with van der Waals surface area (Å²) in [6, 6.07) is 9.65. The molecule has 0 bridgehead atoms. The van der Waals surface area contributed by atoms with Crippen LogP contribution in [0.4, 0.5) is 11.4 Å². The van der Waals surface area contributed by atoms with Crippen molar-refractivity contribution in [3.05, 3.63) is 52.6 Å². The van der Waals surface area contributed by atoms with Gasteiger partial charge in [-0.2, -0.15) is 0 Å². The maximum Gasteiger partial charge on any atom is 0.312 e. The van der Waals surface area contributed by atoms with Crippen molar-refractivity contribution in [2.75, 3.05) is 18.9 Å². The molecule has 0 aliphatic heterocycles. The molecule has 0 unspecified atom stereocenters. The summed E-state index contributed by atoms with van der Waals surface area (Å²) in [6.07, 6.45) is 0. The Kier molecular flexibility index (Phi) is 4.70. The van der Waals surface area contributed by atoms with Crippen LogP contribution in [0.15, 0.2) is 47.4 Å². The molecule has 0 radical (unpaired) electrons. The lowest BCUT2D eigenvalue weighted by atomic mass is 10.3. The summed E-state index contributed by atoms with van der Waals surface area (Å²) in [4.78, 5) is 10.0. The van der Waals surface area contributed by atoms with E-state index >= 15 is 0 Å². The minimum Gasteiger partial charge on any atom is -0.497 e. The van der Waals surface area contributed by atoms with Crippen molar-refractivity contribution < 1.29 is 22.8 Å². The molecule has 0 aromatic heterocycles. The molecule has 23 heavy (non-hydrogen) atoms. The molecular weight excluding hydrogens is 324 g/mol. The van der Waals surface area contributed by atoms with E-state index in [1.165, 1.54) is 38.5 Å². The van der Waals surface area contributed by atoms with E-state index in [0.717, 1.165) is 6.07 Å². The topological polar surface area (TPSA) is 108 Å². The van der Waals surface area contributed by atoms with Crippen LogP contribution < -0.4 is 14.2 Å². The highest BCUT2D eigenvalue weighted by molar-refractivity contribution is 7.92. The first-order chi connectivity index (χ1) is 10.9. The van der Waals surface area contributed by atoms with Crippen LogP contribution >= 0.6 is 0 Å². The van der Waals surface area contributed by atoms with Crippen LogP contribution in [0.5, 0.6) is 11.5 Å². The lowest BCUT2D eigenvalue weighted by molar-refractivity contribution is -0.386. The Labute approximate surface area is 132 Å². The molecule has 2 aromatic rings. The predicted octanol–water partition coefficient (Wildman–Crippen LogP) is 2.41. The van der Waals surface area contributed by atoms with E-state index in [9.17, 15) is 18.5 Å². The van der Waals surface area contributed by atoms with Gasteiger partial charge in [-0.3, -0.25) is 14.8 Å². The average molecular weight is 338 g/mol. The Bertz CT molecular complexity index is 818. The predicted molar refractivity (Wildman–Crippen MR) is 83.5 cm³/mol. The number of sulfonamides is 1. The normalized spacial score (nSPS) is 10.9. The Balaban J connectivity index is 2.35. The van der Waals surface area contributed by atoms with Crippen LogP contribution in [0.2, 0.25) is 0 Å². The van der Waals surface area contributed by atoms with Gasteiger partial charge in [0.25, 0.3) is 10.0 Å². The summed E-state index contributed by atoms with van der Waals surface area (Å²) < 4.78 is 36.8. The van der Waals surface area contributed by atoms with Gasteiger partial charge in [0.2, 0.25) is 0 Å². The average Bonchev–Trinajstić information content (AvgIpc) is 2.54. The summed E-state index contributed by atoms with van der Waals surface area (Å²) in [5.74, 6) is 0.562. The molecule has 0 saturated carbocycles. The van der Waals surface area contributed by atoms with Gasteiger partial charge in [-0.05, 0) is 36.4 Å². The molecule has 0 aliphatic rings. The Hall–Kier alpha value is -2.81. The number of nitro groups is 1. The number of ether oxygens (including phenoxy) is 2. The first-order valence-corrected chi connectivity index (χ1v) is 7.85. The van der Waals surface area contributed by atoms with Crippen molar-refractivity contribution in [3.63, 3.8) is 0 Å². The van der Waals surface area contributed by atoms with Crippen LogP contribution in [0.1, 0.15) is 0 Å². The lowest BCUT2D eigenvalue weighted by Crippen LogP contribution is -2.13. The highest BCUT2D eigenvalue weighted by Crippen LogP contribution is 2.30. The fourth-order valence-corrected chi connectivity index (χ4v) is 2.93. The number of nitrogens with one attached hydrogen (secondary N) is 1. The summed E-state index contributed by atoms with van der Waals surface area (Å²) in [6.45, 7) is 0. The van der Waals surface area contributed by atoms with E-state index in [0.29, 0.717) is 11.4 Å². The smallest absolute Gasteiger partial charge is 0.312 e. The van der Waals surface area contributed by atoms with Crippen molar-refractivity contribution in [3.8, 4) is 11.5 Å². The molecular formula is C14H14N2O6S. The Morgan fingerprint density at radius 1 is 1.04 bits per heavy atom. The zero-order valence-corrected chi connectivity index (χ0v) is 13.2. The number of benzene rings is 2. The number of anilines is 1. The second-order valence-electron chi connectivity index (χ2n) is 4.42. The van der Waals surface area contributed by atoms with Gasteiger partial charge in [0.05, 0.1) is 24.0 Å². The Morgan fingerprint density at radius 3 is 2.22 bits per heavy atom. The zero-order chi connectivity index (χ0) is 17.0. The van der Waals surface area contributed by atoms with Crippen molar-refractivity contribution in [2.24, 2.45) is 0 Å². The lowest BCUT2D eigenvalue weighted by Gasteiger charge is -2.09. The summed E-state index contributed by atoms with van der Waals surface area (Å²) in [5, 5.41) is 11.0. The molecule has 0 amide bonds. The summed E-state index contributed by atoms with van der Waals surface area (Å²) >= 11 is 0. The fourth-order valence-electron chi connectivity index (χ4n) is 1.85. The van der Waals surface area contributed by atoms with Crippen molar-refractivity contribution in [1.29, 1.82) is 0 Å². The van der Waals surface area contributed by atoms with E-state index in [1.807, 2.05) is 0 Å². The minimum atomic E-state index is -3.96. The van der Waals surface area contributed by atoms with E-state index < -0.39 is 20.6 Å². The number of nitrogens with zero attached hydrogens (tertiary/aromatic N) is 1. The molecule has 0 saturated heterocycles.